The van der Waals surface area contributed by atoms with E-state index in [1.165, 1.54) is 12.0 Å². The maximum absolute atomic E-state index is 13.4. The maximum Gasteiger partial charge on any atom is 0.256 e. The van der Waals surface area contributed by atoms with Crippen molar-refractivity contribution < 1.29 is 23.9 Å². The number of rotatable bonds is 5. The molecule has 0 radical (unpaired) electrons. The molecule has 0 aromatic heterocycles. The molecule has 1 saturated heterocycles. The highest BCUT2D eigenvalue weighted by atomic mass is 35.5. The van der Waals surface area contributed by atoms with Gasteiger partial charge in [-0.25, -0.2) is 0 Å². The molecule has 2 N–H and O–H groups in total. The fraction of sp³-hybridized carbons (Fsp3) is 0.318. The van der Waals surface area contributed by atoms with E-state index in [4.69, 9.17) is 21.1 Å². The minimum atomic E-state index is -0.656. The van der Waals surface area contributed by atoms with Gasteiger partial charge < -0.3 is 25.0 Å². The largest absolute Gasteiger partial charge is 0.496 e. The van der Waals surface area contributed by atoms with Gasteiger partial charge in [-0.3, -0.25) is 14.4 Å². The molecule has 2 heterocycles. The summed E-state index contributed by atoms with van der Waals surface area (Å²) in [6.45, 7) is 0.172. The monoisotopic (exact) mass is 443 g/mol. The highest BCUT2D eigenvalue weighted by Gasteiger charge is 2.43. The number of methoxy groups -OCH3 is 2. The highest BCUT2D eigenvalue weighted by molar-refractivity contribution is 6.31. The van der Waals surface area contributed by atoms with E-state index in [-0.39, 0.29) is 36.9 Å². The van der Waals surface area contributed by atoms with Crippen molar-refractivity contribution in [3.8, 4) is 16.9 Å². The molecule has 1 fully saturated rings. The Morgan fingerprint density at radius 1 is 1.19 bits per heavy atom. The Bertz CT molecular complexity index is 1060. The summed E-state index contributed by atoms with van der Waals surface area (Å²) in [5.74, 6) is -0.212. The molecular formula is C22H22ClN3O5. The highest BCUT2D eigenvalue weighted by Crippen LogP contribution is 2.36. The summed E-state index contributed by atoms with van der Waals surface area (Å²) >= 11 is 6.16. The van der Waals surface area contributed by atoms with Gasteiger partial charge in [0.2, 0.25) is 11.8 Å². The lowest BCUT2D eigenvalue weighted by Gasteiger charge is -2.20. The molecule has 0 spiro atoms. The molecule has 9 heteroatoms. The van der Waals surface area contributed by atoms with E-state index in [1.54, 1.807) is 37.4 Å². The summed E-state index contributed by atoms with van der Waals surface area (Å²) in [6, 6.07) is 9.53. The average molecular weight is 444 g/mol. The molecule has 2 aliphatic rings. The van der Waals surface area contributed by atoms with Crippen molar-refractivity contribution >= 4 is 35.0 Å². The van der Waals surface area contributed by atoms with E-state index in [0.29, 0.717) is 28.4 Å². The standard InChI is InChI=1S/C22H22ClN3O5/c1-30-11-20(27)24-14-9-18-21(28)25-17-5-3-12(7-16(17)22(29)26(18)10-14)15-8-13(23)4-6-19(15)31-2/h3-8,14,18H,9-11H2,1-2H3,(H,24,27)(H,25,28)/t14-,18-/m0/s1. The minimum Gasteiger partial charge on any atom is -0.496 e. The lowest BCUT2D eigenvalue weighted by atomic mass is 10.0. The van der Waals surface area contributed by atoms with Crippen molar-refractivity contribution in [1.29, 1.82) is 0 Å². The molecule has 2 aromatic carbocycles. The summed E-state index contributed by atoms with van der Waals surface area (Å²) in [4.78, 5) is 39.5. The third-order valence-electron chi connectivity index (χ3n) is 5.49. The third kappa shape index (κ3) is 4.08. The van der Waals surface area contributed by atoms with Crippen LogP contribution in [0.25, 0.3) is 11.1 Å². The fourth-order valence-electron chi connectivity index (χ4n) is 4.09. The molecule has 8 nitrogen and oxygen atoms in total. The third-order valence-corrected chi connectivity index (χ3v) is 5.72. The van der Waals surface area contributed by atoms with Crippen LogP contribution in [0.15, 0.2) is 36.4 Å². The lowest BCUT2D eigenvalue weighted by Crippen LogP contribution is -2.41. The zero-order valence-electron chi connectivity index (χ0n) is 17.1. The Hall–Kier alpha value is -3.10. The molecule has 4 rings (SSSR count). The first-order chi connectivity index (χ1) is 14.9. The molecule has 31 heavy (non-hydrogen) atoms. The van der Waals surface area contributed by atoms with Crippen LogP contribution in [0, 0.1) is 0 Å². The Balaban J connectivity index is 1.66. The van der Waals surface area contributed by atoms with E-state index in [1.807, 2.05) is 6.07 Å². The second-order valence-corrected chi connectivity index (χ2v) is 7.94. The van der Waals surface area contributed by atoms with Gasteiger partial charge in [0.15, 0.2) is 0 Å². The Labute approximate surface area is 184 Å². The van der Waals surface area contributed by atoms with Crippen LogP contribution in [-0.4, -0.2) is 62.1 Å². The Morgan fingerprint density at radius 3 is 2.74 bits per heavy atom. The van der Waals surface area contributed by atoms with E-state index in [9.17, 15) is 14.4 Å². The van der Waals surface area contributed by atoms with E-state index in [0.717, 1.165) is 11.1 Å². The summed E-state index contributed by atoms with van der Waals surface area (Å²) < 4.78 is 10.3. The van der Waals surface area contributed by atoms with Gasteiger partial charge in [0.05, 0.1) is 18.4 Å². The smallest absolute Gasteiger partial charge is 0.256 e. The number of amides is 3. The molecule has 2 aromatic rings. The van der Waals surface area contributed by atoms with Gasteiger partial charge in [-0.1, -0.05) is 17.7 Å². The molecule has 0 saturated carbocycles. The number of carbonyl (C=O) groups is 3. The molecule has 0 unspecified atom stereocenters. The van der Waals surface area contributed by atoms with Crippen molar-refractivity contribution in [3.05, 3.63) is 47.0 Å². The fourth-order valence-corrected chi connectivity index (χ4v) is 4.26. The summed E-state index contributed by atoms with van der Waals surface area (Å²) in [6.07, 6.45) is 0.343. The molecule has 3 amide bonds. The van der Waals surface area contributed by atoms with Gasteiger partial charge in [-0.2, -0.15) is 0 Å². The predicted octanol–water partition coefficient (Wildman–Crippen LogP) is 2.31. The first kappa shape index (κ1) is 21.1. The molecular weight excluding hydrogens is 422 g/mol. The van der Waals surface area contributed by atoms with E-state index in [2.05, 4.69) is 10.6 Å². The number of hydrogen-bond donors (Lipinski definition) is 2. The normalized spacial score (nSPS) is 19.9. The number of anilines is 1. The molecule has 0 bridgehead atoms. The zero-order chi connectivity index (χ0) is 22.1. The molecule has 2 aliphatic heterocycles. The van der Waals surface area contributed by atoms with Crippen LogP contribution in [0.2, 0.25) is 5.02 Å². The van der Waals surface area contributed by atoms with Gasteiger partial charge in [-0.15, -0.1) is 0 Å². The van der Waals surface area contributed by atoms with Crippen molar-refractivity contribution in [3.63, 3.8) is 0 Å². The Kier molecular flexibility index (Phi) is 5.84. The van der Waals surface area contributed by atoms with Crippen molar-refractivity contribution in [2.75, 3.05) is 32.7 Å². The first-order valence-corrected chi connectivity index (χ1v) is 10.2. The van der Waals surface area contributed by atoms with Crippen LogP contribution in [0.3, 0.4) is 0 Å². The summed E-state index contributed by atoms with van der Waals surface area (Å²) in [5.41, 5.74) is 2.31. The van der Waals surface area contributed by atoms with Gasteiger partial charge >= 0.3 is 0 Å². The maximum atomic E-state index is 13.4. The lowest BCUT2D eigenvalue weighted by molar-refractivity contribution is -0.125. The number of benzene rings is 2. The molecule has 2 atom stereocenters. The number of fused-ring (bicyclic) bond motifs is 2. The second kappa shape index (κ2) is 8.56. The van der Waals surface area contributed by atoms with Crippen LogP contribution in [-0.2, 0) is 14.3 Å². The predicted molar refractivity (Wildman–Crippen MR) is 115 cm³/mol. The van der Waals surface area contributed by atoms with Crippen molar-refractivity contribution in [2.45, 2.75) is 18.5 Å². The number of hydrogen-bond acceptors (Lipinski definition) is 5. The van der Waals surface area contributed by atoms with Gasteiger partial charge in [0, 0.05) is 30.3 Å². The van der Waals surface area contributed by atoms with Crippen LogP contribution < -0.4 is 15.4 Å². The van der Waals surface area contributed by atoms with Gasteiger partial charge in [0.25, 0.3) is 5.91 Å². The van der Waals surface area contributed by atoms with E-state index >= 15 is 0 Å². The minimum absolute atomic E-state index is 0.0744. The Morgan fingerprint density at radius 2 is 2.00 bits per heavy atom. The van der Waals surface area contributed by atoms with Crippen LogP contribution in [0.1, 0.15) is 16.8 Å². The van der Waals surface area contributed by atoms with Crippen LogP contribution >= 0.6 is 11.6 Å². The molecule has 0 aliphatic carbocycles. The second-order valence-electron chi connectivity index (χ2n) is 7.50. The summed E-state index contributed by atoms with van der Waals surface area (Å²) in [7, 11) is 3.00. The summed E-state index contributed by atoms with van der Waals surface area (Å²) in [5, 5.41) is 6.20. The van der Waals surface area contributed by atoms with Crippen LogP contribution in [0.4, 0.5) is 5.69 Å². The van der Waals surface area contributed by atoms with Gasteiger partial charge in [-0.05, 0) is 42.3 Å². The average Bonchev–Trinajstić information content (AvgIpc) is 3.13. The van der Waals surface area contributed by atoms with Crippen molar-refractivity contribution in [1.82, 2.24) is 10.2 Å². The first-order valence-electron chi connectivity index (χ1n) is 9.79. The number of halogens is 1. The number of nitrogens with one attached hydrogen (secondary N) is 2. The van der Waals surface area contributed by atoms with E-state index < -0.39 is 6.04 Å². The number of ether oxygens (including phenoxy) is 2. The molecule has 162 valence electrons. The topological polar surface area (TPSA) is 97.0 Å². The zero-order valence-corrected chi connectivity index (χ0v) is 17.9. The number of carbonyl (C=O) groups excluding carboxylic acids is 3. The SMILES string of the molecule is COCC(=O)N[C@H]1C[C@H]2C(=O)Nc3ccc(-c4cc(Cl)ccc4OC)cc3C(=O)N2C1. The quantitative estimate of drug-likeness (QED) is 0.739. The van der Waals surface area contributed by atoms with Crippen molar-refractivity contribution in [2.24, 2.45) is 0 Å². The van der Waals surface area contributed by atoms with Crippen LogP contribution in [0.5, 0.6) is 5.75 Å². The van der Waals surface area contributed by atoms with Gasteiger partial charge in [0.1, 0.15) is 18.4 Å². The number of nitrogens with zero attached hydrogens (tertiary/aromatic N) is 1.